The van der Waals surface area contributed by atoms with Gasteiger partial charge in [-0.3, -0.25) is 0 Å². The Hall–Kier alpha value is -3.71. The van der Waals surface area contributed by atoms with E-state index in [4.69, 9.17) is 42.6 Å². The first-order valence-corrected chi connectivity index (χ1v) is 20.3. The van der Waals surface area contributed by atoms with Crippen LogP contribution in [0.2, 0.25) is 0 Å². The van der Waals surface area contributed by atoms with Gasteiger partial charge in [0, 0.05) is 41.3 Å². The van der Waals surface area contributed by atoms with Gasteiger partial charge in [-0.1, -0.05) is 0 Å². The topological polar surface area (TPSA) is 83.1 Å². The summed E-state index contributed by atoms with van der Waals surface area (Å²) < 4.78 is 59.2. The fourth-order valence-corrected chi connectivity index (χ4v) is 10.1. The molecule has 10 heteroatoms. The molecule has 0 radical (unpaired) electrons. The molecule has 0 spiro atoms. The lowest BCUT2D eigenvalue weighted by Crippen LogP contribution is -2.31. The van der Waals surface area contributed by atoms with Crippen LogP contribution in [0.25, 0.3) is 0 Å². The quantitative estimate of drug-likeness (QED) is 0.0995. The Morgan fingerprint density at radius 1 is 0.250 bits per heavy atom. The van der Waals surface area contributed by atoms with Crippen molar-refractivity contribution in [2.24, 2.45) is 0 Å². The van der Waals surface area contributed by atoms with Crippen molar-refractivity contribution in [3.8, 4) is 51.7 Å². The van der Waals surface area contributed by atoms with E-state index in [1.54, 1.807) is 0 Å². The third kappa shape index (κ3) is 8.25. The summed E-state index contributed by atoms with van der Waals surface area (Å²) in [5.41, 5.74) is 5.32. The lowest BCUT2D eigenvalue weighted by atomic mass is 10.1. The normalized spacial score (nSPS) is 11.1. The predicted octanol–water partition coefficient (Wildman–Crippen LogP) is 8.88. The molecule has 0 fully saturated rings. The highest BCUT2D eigenvalue weighted by molar-refractivity contribution is 7.81. The van der Waals surface area contributed by atoms with Gasteiger partial charge in [0.1, 0.15) is 51.7 Å². The molecule has 0 aromatic heterocycles. The fraction of sp³-hybridized carbons (Fsp3) is 0.571. The maximum atomic E-state index is 6.71. The SMILES string of the molecule is CCOc1c(C)c(OCC)c(P(c2c(OCC)c(C)c(OCC)c(C)c2OCC)c2c(OCC)c(C)c(OCC)c(C)c2OCC)c(OCC)c1C. The van der Waals surface area contributed by atoms with Crippen LogP contribution in [0.1, 0.15) is 95.7 Å². The zero-order chi connectivity index (χ0) is 38.7. The van der Waals surface area contributed by atoms with E-state index in [2.05, 4.69) is 41.5 Å². The van der Waals surface area contributed by atoms with E-state index in [0.29, 0.717) is 94.0 Å². The van der Waals surface area contributed by atoms with Crippen LogP contribution in [0, 0.1) is 41.5 Å². The Morgan fingerprint density at radius 2 is 0.385 bits per heavy atom. The van der Waals surface area contributed by atoms with Crippen molar-refractivity contribution in [3.05, 3.63) is 33.4 Å². The van der Waals surface area contributed by atoms with Crippen molar-refractivity contribution >= 4 is 23.8 Å². The molecule has 0 atom stereocenters. The molecule has 3 aromatic rings. The Bertz CT molecular complexity index is 1370. The Balaban J connectivity index is 2.95. The number of hydrogen-bond donors (Lipinski definition) is 0. The molecule has 0 aliphatic heterocycles. The molecule has 3 aromatic carbocycles. The first kappa shape index (κ1) is 42.7. The summed E-state index contributed by atoms with van der Waals surface area (Å²) in [4.78, 5) is 0. The minimum Gasteiger partial charge on any atom is -0.493 e. The second kappa shape index (κ2) is 19.9. The zero-order valence-corrected chi connectivity index (χ0v) is 35.4. The van der Waals surface area contributed by atoms with Gasteiger partial charge in [-0.15, -0.1) is 0 Å². The van der Waals surface area contributed by atoms with Crippen LogP contribution in [0.5, 0.6) is 51.7 Å². The van der Waals surface area contributed by atoms with Crippen molar-refractivity contribution in [2.45, 2.75) is 104 Å². The van der Waals surface area contributed by atoms with Crippen LogP contribution in [-0.4, -0.2) is 59.5 Å². The monoisotopic (exact) mass is 742 g/mol. The van der Waals surface area contributed by atoms with Crippen LogP contribution < -0.4 is 58.5 Å². The van der Waals surface area contributed by atoms with Gasteiger partial charge < -0.3 is 42.6 Å². The van der Waals surface area contributed by atoms with Gasteiger partial charge in [-0.2, -0.15) is 0 Å². The molecule has 0 aliphatic rings. The van der Waals surface area contributed by atoms with Gasteiger partial charge in [0.25, 0.3) is 0 Å². The molecule has 0 saturated carbocycles. The summed E-state index contributed by atoms with van der Waals surface area (Å²) in [6.07, 6.45) is 0. The third-order valence-corrected chi connectivity index (χ3v) is 11.2. The highest BCUT2D eigenvalue weighted by atomic mass is 31.1. The first-order chi connectivity index (χ1) is 25.0. The number of benzene rings is 3. The van der Waals surface area contributed by atoms with E-state index in [1.165, 1.54) is 0 Å². The van der Waals surface area contributed by atoms with Crippen LogP contribution in [0.4, 0.5) is 0 Å². The second-order valence-electron chi connectivity index (χ2n) is 12.0. The largest absolute Gasteiger partial charge is 0.493 e. The molecular formula is C42H63O9P. The minimum atomic E-state index is -1.72. The minimum absolute atomic E-state index is 0.424. The molecule has 0 N–H and O–H groups in total. The van der Waals surface area contributed by atoms with E-state index in [-0.39, 0.29) is 0 Å². The maximum absolute atomic E-state index is 6.71. The maximum Gasteiger partial charge on any atom is 0.137 e. The third-order valence-electron chi connectivity index (χ3n) is 8.65. The lowest BCUT2D eigenvalue weighted by Gasteiger charge is -2.34. The lowest BCUT2D eigenvalue weighted by molar-refractivity contribution is 0.303. The smallest absolute Gasteiger partial charge is 0.137 e. The van der Waals surface area contributed by atoms with E-state index < -0.39 is 7.92 Å². The van der Waals surface area contributed by atoms with E-state index in [0.717, 1.165) is 66.5 Å². The van der Waals surface area contributed by atoms with Gasteiger partial charge in [0.15, 0.2) is 0 Å². The summed E-state index contributed by atoms with van der Waals surface area (Å²) in [5, 5.41) is 2.60. The molecule has 290 valence electrons. The van der Waals surface area contributed by atoms with Gasteiger partial charge >= 0.3 is 0 Å². The van der Waals surface area contributed by atoms with Crippen molar-refractivity contribution in [3.63, 3.8) is 0 Å². The number of ether oxygens (including phenoxy) is 9. The zero-order valence-electron chi connectivity index (χ0n) is 34.5. The van der Waals surface area contributed by atoms with Crippen LogP contribution in [0.3, 0.4) is 0 Å². The predicted molar refractivity (Wildman–Crippen MR) is 214 cm³/mol. The van der Waals surface area contributed by atoms with E-state index in [9.17, 15) is 0 Å². The summed E-state index contributed by atoms with van der Waals surface area (Å²) in [7, 11) is -1.72. The number of hydrogen-bond acceptors (Lipinski definition) is 9. The van der Waals surface area contributed by atoms with E-state index >= 15 is 0 Å². The molecule has 0 aliphatic carbocycles. The Kier molecular flexibility index (Phi) is 16.4. The standard InChI is InChI=1S/C42H63O9P/c1-16-43-31-25(10)34(46-19-4)40(35(26(31)11)47-20-5)52(41-36(48-21-6)27(12)32(44-17-2)28(13)37(41)49-22-7)42-38(50-23-8)29(14)33(45-18-3)30(15)39(42)51-24-9/h16-24H2,1-15H3. The molecule has 0 bridgehead atoms. The molecular weight excluding hydrogens is 679 g/mol. The van der Waals surface area contributed by atoms with Crippen molar-refractivity contribution in [1.29, 1.82) is 0 Å². The molecule has 52 heavy (non-hydrogen) atoms. The van der Waals surface area contributed by atoms with E-state index in [1.807, 2.05) is 62.3 Å². The average Bonchev–Trinajstić information content (AvgIpc) is 3.12. The Labute approximate surface area is 314 Å². The molecule has 0 saturated heterocycles. The van der Waals surface area contributed by atoms with Gasteiger partial charge in [0.2, 0.25) is 0 Å². The summed E-state index contributed by atoms with van der Waals surface area (Å²) in [6.45, 7) is 34.3. The average molecular weight is 743 g/mol. The Morgan fingerprint density at radius 3 is 0.519 bits per heavy atom. The molecule has 0 heterocycles. The van der Waals surface area contributed by atoms with Gasteiger partial charge in [0.05, 0.1) is 75.4 Å². The van der Waals surface area contributed by atoms with Gasteiger partial charge in [-0.05, 0) is 104 Å². The number of rotatable bonds is 21. The molecule has 0 unspecified atom stereocenters. The molecule has 3 rings (SSSR count). The van der Waals surface area contributed by atoms with Crippen LogP contribution in [0.15, 0.2) is 0 Å². The van der Waals surface area contributed by atoms with Crippen LogP contribution in [-0.2, 0) is 0 Å². The summed E-state index contributed by atoms with van der Waals surface area (Å²) in [5.74, 6) is 6.37. The molecule has 0 amide bonds. The highest BCUT2D eigenvalue weighted by Gasteiger charge is 2.41. The van der Waals surface area contributed by atoms with Crippen LogP contribution >= 0.6 is 7.92 Å². The fourth-order valence-electron chi connectivity index (χ4n) is 6.79. The van der Waals surface area contributed by atoms with Gasteiger partial charge in [-0.25, -0.2) is 0 Å². The van der Waals surface area contributed by atoms with Crippen molar-refractivity contribution in [1.82, 2.24) is 0 Å². The highest BCUT2D eigenvalue weighted by Crippen LogP contribution is 2.57. The second-order valence-corrected chi connectivity index (χ2v) is 14.0. The summed E-state index contributed by atoms with van der Waals surface area (Å²) >= 11 is 0. The van der Waals surface area contributed by atoms with Crippen molar-refractivity contribution < 1.29 is 42.6 Å². The molecule has 9 nitrogen and oxygen atoms in total. The van der Waals surface area contributed by atoms with Crippen molar-refractivity contribution in [2.75, 3.05) is 59.5 Å². The first-order valence-electron chi connectivity index (χ1n) is 19.0. The summed E-state index contributed by atoms with van der Waals surface area (Å²) in [6, 6.07) is 0.